The van der Waals surface area contributed by atoms with Gasteiger partial charge < -0.3 is 24.4 Å². The zero-order valence-electron chi connectivity index (χ0n) is 21.9. The van der Waals surface area contributed by atoms with Crippen molar-refractivity contribution >= 4 is 29.3 Å². The van der Waals surface area contributed by atoms with Gasteiger partial charge in [-0.3, -0.25) is 15.0 Å². The van der Waals surface area contributed by atoms with Crippen LogP contribution in [-0.4, -0.2) is 72.2 Å². The number of ether oxygens (including phenoxy) is 3. The molecule has 2 saturated heterocycles. The van der Waals surface area contributed by atoms with Crippen LogP contribution in [0.3, 0.4) is 0 Å². The van der Waals surface area contributed by atoms with Crippen LogP contribution in [0.5, 0.6) is 5.75 Å². The summed E-state index contributed by atoms with van der Waals surface area (Å²) in [6, 6.07) is 4.84. The van der Waals surface area contributed by atoms with E-state index in [1.165, 1.54) is 0 Å². The van der Waals surface area contributed by atoms with Gasteiger partial charge in [0.15, 0.2) is 11.6 Å². The average Bonchev–Trinajstić information content (AvgIpc) is 3.40. The fourth-order valence-electron chi connectivity index (χ4n) is 4.99. The number of amides is 3. The second-order valence-electron chi connectivity index (χ2n) is 10.5. The fourth-order valence-corrected chi connectivity index (χ4v) is 4.99. The molecule has 3 aliphatic rings. The van der Waals surface area contributed by atoms with Gasteiger partial charge in [0.25, 0.3) is 5.91 Å². The molecule has 5 rings (SSSR count). The maximum atomic E-state index is 13.5. The normalized spacial score (nSPS) is 21.7. The van der Waals surface area contributed by atoms with E-state index in [2.05, 4.69) is 25.5 Å². The molecule has 2 atom stereocenters. The van der Waals surface area contributed by atoms with Crippen molar-refractivity contribution in [2.24, 2.45) is 0 Å². The molecule has 0 aromatic carbocycles. The average molecular weight is 511 g/mol. The summed E-state index contributed by atoms with van der Waals surface area (Å²) in [5.74, 6) is 0.604. The Balaban J connectivity index is 1.30. The third-order valence-corrected chi connectivity index (χ3v) is 6.58. The quantitative estimate of drug-likeness (QED) is 0.609. The molecule has 2 fully saturated rings. The smallest absolute Gasteiger partial charge is 0.329 e. The first kappa shape index (κ1) is 25.2. The van der Waals surface area contributed by atoms with E-state index >= 15 is 0 Å². The van der Waals surface area contributed by atoms with Gasteiger partial charge in [-0.15, -0.1) is 0 Å². The zero-order valence-corrected chi connectivity index (χ0v) is 21.9. The first-order valence-electron chi connectivity index (χ1n) is 12.7. The number of hydrogen-bond donors (Lipinski definition) is 2. The summed E-state index contributed by atoms with van der Waals surface area (Å²) in [4.78, 5) is 39.1. The largest absolute Gasteiger partial charge is 0.489 e. The third-order valence-electron chi connectivity index (χ3n) is 6.58. The van der Waals surface area contributed by atoms with E-state index in [9.17, 15) is 9.59 Å². The molecule has 2 aromatic rings. The summed E-state index contributed by atoms with van der Waals surface area (Å²) in [6.45, 7) is 11.9. The van der Waals surface area contributed by atoms with Crippen molar-refractivity contribution in [2.45, 2.75) is 65.0 Å². The molecular formula is C26H34N6O5. The van der Waals surface area contributed by atoms with Crippen LogP contribution in [0.15, 0.2) is 24.4 Å². The predicted octanol–water partition coefficient (Wildman–Crippen LogP) is 3.08. The lowest BCUT2D eigenvalue weighted by Crippen LogP contribution is -2.49. The minimum Gasteiger partial charge on any atom is -0.489 e. The molecule has 198 valence electrons. The molecule has 3 amide bonds. The second kappa shape index (κ2) is 9.79. The highest BCUT2D eigenvalue weighted by Crippen LogP contribution is 2.41. The summed E-state index contributed by atoms with van der Waals surface area (Å²) in [5, 5.41) is 5.77. The molecular weight excluding hydrogens is 476 g/mol. The number of aryl methyl sites for hydroxylation is 1. The Labute approximate surface area is 216 Å². The molecule has 0 spiro atoms. The highest BCUT2D eigenvalue weighted by molar-refractivity contribution is 6.05. The Morgan fingerprint density at radius 2 is 2.11 bits per heavy atom. The molecule has 3 aliphatic heterocycles. The van der Waals surface area contributed by atoms with Gasteiger partial charge in [-0.2, -0.15) is 0 Å². The number of fused-ring (bicyclic) bond motifs is 4. The molecule has 2 aromatic heterocycles. The molecule has 2 N–H and O–H groups in total. The molecule has 37 heavy (non-hydrogen) atoms. The van der Waals surface area contributed by atoms with Crippen molar-refractivity contribution in [3.8, 4) is 5.75 Å². The van der Waals surface area contributed by atoms with E-state index < -0.39 is 5.79 Å². The van der Waals surface area contributed by atoms with Crippen LogP contribution in [0.1, 0.15) is 50.2 Å². The fraction of sp³-hybridized carbons (Fsp3) is 0.538. The van der Waals surface area contributed by atoms with Crippen LogP contribution in [0.25, 0.3) is 0 Å². The molecule has 0 radical (unpaired) electrons. The van der Waals surface area contributed by atoms with E-state index in [1.54, 1.807) is 29.3 Å². The Morgan fingerprint density at radius 1 is 1.30 bits per heavy atom. The highest BCUT2D eigenvalue weighted by atomic mass is 16.7. The van der Waals surface area contributed by atoms with Crippen LogP contribution >= 0.6 is 0 Å². The number of hydrogen-bond acceptors (Lipinski definition) is 8. The molecule has 0 unspecified atom stereocenters. The van der Waals surface area contributed by atoms with E-state index in [0.717, 1.165) is 30.8 Å². The molecule has 2 bridgehead atoms. The topological polar surface area (TPSA) is 118 Å². The lowest BCUT2D eigenvalue weighted by Gasteiger charge is -2.36. The third kappa shape index (κ3) is 5.33. The van der Waals surface area contributed by atoms with Crippen molar-refractivity contribution in [3.05, 3.63) is 35.7 Å². The van der Waals surface area contributed by atoms with Crippen LogP contribution in [0.4, 0.5) is 22.1 Å². The zero-order chi connectivity index (χ0) is 26.3. The Bertz CT molecular complexity index is 1180. The summed E-state index contributed by atoms with van der Waals surface area (Å²) in [5.41, 5.74) is 2.10. The van der Waals surface area contributed by atoms with E-state index in [4.69, 9.17) is 14.2 Å². The molecule has 11 heteroatoms. The van der Waals surface area contributed by atoms with Gasteiger partial charge in [0.05, 0.1) is 24.5 Å². The maximum Gasteiger partial charge on any atom is 0.329 e. The second-order valence-corrected chi connectivity index (χ2v) is 10.5. The lowest BCUT2D eigenvalue weighted by atomic mass is 10.1. The number of rotatable bonds is 6. The standard InChI is InChI=1S/C26H34N6O5/c1-15(2)28-24(33)20-10-16(3)22-23(29-20)32(17-8-9-31(22)12-17)25(34)30-21-7-6-18(11-27-21)35-13-19-14-36-26(4,5)37-19/h6-7,10-11,15,17,19H,8-9,12-14H2,1-5H3,(H,28,33)(H,27,30,34)/t17-,19+/m0/s1. The predicted molar refractivity (Wildman–Crippen MR) is 138 cm³/mol. The monoisotopic (exact) mass is 510 g/mol. The summed E-state index contributed by atoms with van der Waals surface area (Å²) < 4.78 is 17.1. The first-order chi connectivity index (χ1) is 17.6. The number of carbonyl (C=O) groups excluding carboxylic acids is 2. The van der Waals surface area contributed by atoms with Crippen molar-refractivity contribution in [3.63, 3.8) is 0 Å². The molecule has 0 saturated carbocycles. The molecule has 11 nitrogen and oxygen atoms in total. The van der Waals surface area contributed by atoms with E-state index in [1.807, 2.05) is 34.6 Å². The van der Waals surface area contributed by atoms with Gasteiger partial charge in [0.2, 0.25) is 0 Å². The number of urea groups is 1. The number of carbonyl (C=O) groups is 2. The van der Waals surface area contributed by atoms with Crippen LogP contribution < -0.4 is 25.2 Å². The molecule has 0 aliphatic carbocycles. The SMILES string of the molecule is Cc1cc(C(=O)NC(C)C)nc2c1N1CC[C@@H](C1)N2C(=O)Nc1ccc(OC[C@@H]2COC(C)(C)O2)cn1. The Morgan fingerprint density at radius 3 is 2.78 bits per heavy atom. The Kier molecular flexibility index (Phi) is 6.67. The number of anilines is 3. The van der Waals surface area contributed by atoms with Gasteiger partial charge in [-0.25, -0.2) is 14.8 Å². The maximum absolute atomic E-state index is 13.5. The summed E-state index contributed by atoms with van der Waals surface area (Å²) >= 11 is 0. The van der Waals surface area contributed by atoms with Crippen molar-refractivity contribution in [1.82, 2.24) is 15.3 Å². The van der Waals surface area contributed by atoms with Crippen LogP contribution in [0, 0.1) is 6.92 Å². The minimum absolute atomic E-state index is 0.0196. The van der Waals surface area contributed by atoms with Crippen LogP contribution in [-0.2, 0) is 9.47 Å². The first-order valence-corrected chi connectivity index (χ1v) is 12.7. The van der Waals surface area contributed by atoms with Crippen molar-refractivity contribution < 1.29 is 23.8 Å². The minimum atomic E-state index is -0.601. The molecule has 5 heterocycles. The number of pyridine rings is 2. The van der Waals surface area contributed by atoms with Gasteiger partial charge in [-0.05, 0) is 64.8 Å². The van der Waals surface area contributed by atoms with Crippen molar-refractivity contribution in [2.75, 3.05) is 41.4 Å². The van der Waals surface area contributed by atoms with Gasteiger partial charge in [-0.1, -0.05) is 0 Å². The van der Waals surface area contributed by atoms with Crippen LogP contribution in [0.2, 0.25) is 0 Å². The summed E-state index contributed by atoms with van der Waals surface area (Å²) in [6.07, 6.45) is 2.23. The highest BCUT2D eigenvalue weighted by Gasteiger charge is 2.41. The lowest BCUT2D eigenvalue weighted by molar-refractivity contribution is -0.141. The van der Waals surface area contributed by atoms with Gasteiger partial charge in [0.1, 0.15) is 30.0 Å². The van der Waals surface area contributed by atoms with Gasteiger partial charge >= 0.3 is 6.03 Å². The van der Waals surface area contributed by atoms with Gasteiger partial charge in [0, 0.05) is 19.1 Å². The van der Waals surface area contributed by atoms with E-state index in [-0.39, 0.29) is 30.1 Å². The Hall–Kier alpha value is -3.44. The van der Waals surface area contributed by atoms with Crippen molar-refractivity contribution in [1.29, 1.82) is 0 Å². The summed E-state index contributed by atoms with van der Waals surface area (Å²) in [7, 11) is 0. The number of aromatic nitrogens is 2. The number of nitrogens with zero attached hydrogens (tertiary/aromatic N) is 4. The van der Waals surface area contributed by atoms with E-state index in [0.29, 0.717) is 36.3 Å². The number of nitrogens with one attached hydrogen (secondary N) is 2.